The van der Waals surface area contributed by atoms with Crippen molar-refractivity contribution in [3.05, 3.63) is 45.8 Å². The van der Waals surface area contributed by atoms with Crippen molar-refractivity contribution in [3.63, 3.8) is 0 Å². The number of hydrogen-bond donors (Lipinski definition) is 2. The van der Waals surface area contributed by atoms with E-state index < -0.39 is 18.5 Å². The molecule has 1 heterocycles. The highest BCUT2D eigenvalue weighted by atomic mass is 32.1. The molecule has 1 aromatic carbocycles. The van der Waals surface area contributed by atoms with Gasteiger partial charge < -0.3 is 15.4 Å². The van der Waals surface area contributed by atoms with E-state index in [0.717, 1.165) is 37.7 Å². The SMILES string of the molecule is CNc1ccccc1C(=O)OCC(=O)Nc1sc2c(c1C#N)CCCCC2. The lowest BCUT2D eigenvalue weighted by atomic mass is 10.1. The van der Waals surface area contributed by atoms with Gasteiger partial charge in [-0.2, -0.15) is 5.26 Å². The van der Waals surface area contributed by atoms with Gasteiger partial charge in [-0.25, -0.2) is 4.79 Å². The molecule has 3 rings (SSSR count). The van der Waals surface area contributed by atoms with Crippen molar-refractivity contribution in [2.24, 2.45) is 0 Å². The van der Waals surface area contributed by atoms with E-state index >= 15 is 0 Å². The summed E-state index contributed by atoms with van der Waals surface area (Å²) in [6, 6.07) is 9.15. The van der Waals surface area contributed by atoms with Crippen molar-refractivity contribution in [2.45, 2.75) is 32.1 Å². The maximum Gasteiger partial charge on any atom is 0.340 e. The average molecular weight is 383 g/mol. The second kappa shape index (κ2) is 8.69. The first-order valence-electron chi connectivity index (χ1n) is 8.92. The van der Waals surface area contributed by atoms with Crippen molar-refractivity contribution in [3.8, 4) is 6.07 Å². The van der Waals surface area contributed by atoms with E-state index in [-0.39, 0.29) is 0 Å². The average Bonchev–Trinajstić information content (AvgIpc) is 2.85. The van der Waals surface area contributed by atoms with E-state index in [2.05, 4.69) is 16.7 Å². The first-order chi connectivity index (χ1) is 13.1. The summed E-state index contributed by atoms with van der Waals surface area (Å²) in [5.41, 5.74) is 2.62. The third-order valence-corrected chi connectivity index (χ3v) is 5.74. The van der Waals surface area contributed by atoms with Gasteiger partial charge in [0.05, 0.1) is 11.1 Å². The highest BCUT2D eigenvalue weighted by Crippen LogP contribution is 2.36. The number of nitriles is 1. The Hall–Kier alpha value is -2.85. The molecule has 6 nitrogen and oxygen atoms in total. The second-order valence-corrected chi connectivity index (χ2v) is 7.41. The summed E-state index contributed by atoms with van der Waals surface area (Å²) in [7, 11) is 1.71. The van der Waals surface area contributed by atoms with Crippen LogP contribution in [0.4, 0.5) is 10.7 Å². The highest BCUT2D eigenvalue weighted by Gasteiger charge is 2.21. The molecule has 1 aliphatic rings. The van der Waals surface area contributed by atoms with Crippen molar-refractivity contribution < 1.29 is 14.3 Å². The fourth-order valence-corrected chi connectivity index (χ4v) is 4.46. The highest BCUT2D eigenvalue weighted by molar-refractivity contribution is 7.16. The van der Waals surface area contributed by atoms with Crippen LogP contribution in [0.5, 0.6) is 0 Å². The number of esters is 1. The van der Waals surface area contributed by atoms with Gasteiger partial charge in [0.1, 0.15) is 11.1 Å². The van der Waals surface area contributed by atoms with Crippen LogP contribution in [0.15, 0.2) is 24.3 Å². The molecule has 0 atom stereocenters. The Labute approximate surface area is 162 Å². The molecule has 0 unspecified atom stereocenters. The number of carbonyl (C=O) groups is 2. The number of amides is 1. The number of hydrogen-bond acceptors (Lipinski definition) is 6. The summed E-state index contributed by atoms with van der Waals surface area (Å²) in [5, 5.41) is 15.7. The molecule has 0 saturated heterocycles. The van der Waals surface area contributed by atoms with Gasteiger partial charge in [0.15, 0.2) is 6.61 Å². The number of ether oxygens (including phenoxy) is 1. The standard InChI is InChI=1S/C20H21N3O3S/c1-22-16-9-6-5-8-14(16)20(25)26-12-18(24)23-19-15(11-21)13-7-3-2-4-10-17(13)27-19/h5-6,8-9,22H,2-4,7,10,12H2,1H3,(H,23,24). The normalized spacial score (nSPS) is 13.0. The molecule has 1 aromatic heterocycles. The number of thiophene rings is 1. The summed E-state index contributed by atoms with van der Waals surface area (Å²) in [6.07, 6.45) is 5.15. The zero-order valence-corrected chi connectivity index (χ0v) is 15.9. The Kier molecular flexibility index (Phi) is 6.09. The number of rotatable bonds is 5. The van der Waals surface area contributed by atoms with Crippen LogP contribution in [0.25, 0.3) is 0 Å². The minimum absolute atomic E-state index is 0.369. The molecule has 27 heavy (non-hydrogen) atoms. The van der Waals surface area contributed by atoms with Crippen molar-refractivity contribution in [2.75, 3.05) is 24.3 Å². The van der Waals surface area contributed by atoms with Gasteiger partial charge in [-0.1, -0.05) is 18.6 Å². The largest absolute Gasteiger partial charge is 0.452 e. The van der Waals surface area contributed by atoms with Crippen LogP contribution in [0.2, 0.25) is 0 Å². The molecule has 0 aliphatic heterocycles. The molecule has 0 bridgehead atoms. The van der Waals surface area contributed by atoms with Gasteiger partial charge in [-0.05, 0) is 43.4 Å². The van der Waals surface area contributed by atoms with Gasteiger partial charge in [0.2, 0.25) is 0 Å². The number of anilines is 2. The van der Waals surface area contributed by atoms with Crippen LogP contribution in [0.1, 0.15) is 45.6 Å². The molecule has 2 aromatic rings. The van der Waals surface area contributed by atoms with Crippen LogP contribution in [-0.4, -0.2) is 25.5 Å². The van der Waals surface area contributed by atoms with E-state index in [4.69, 9.17) is 4.74 Å². The number of nitrogens with zero attached hydrogens (tertiary/aromatic N) is 1. The molecule has 0 fully saturated rings. The summed E-state index contributed by atoms with van der Waals surface area (Å²) < 4.78 is 5.13. The number of nitrogens with one attached hydrogen (secondary N) is 2. The van der Waals surface area contributed by atoms with Crippen molar-refractivity contribution >= 4 is 33.9 Å². The number of benzene rings is 1. The third kappa shape index (κ3) is 4.29. The Morgan fingerprint density at radius 3 is 2.78 bits per heavy atom. The quantitative estimate of drug-likeness (QED) is 0.606. The second-order valence-electron chi connectivity index (χ2n) is 6.30. The van der Waals surface area contributed by atoms with Gasteiger partial charge in [-0.3, -0.25) is 4.79 Å². The van der Waals surface area contributed by atoms with E-state index in [1.165, 1.54) is 16.2 Å². The lowest BCUT2D eigenvalue weighted by Gasteiger charge is -2.09. The Balaban J connectivity index is 1.65. The monoisotopic (exact) mass is 383 g/mol. The maximum absolute atomic E-state index is 12.2. The predicted octanol–water partition coefficient (Wildman–Crippen LogP) is 3.73. The summed E-state index contributed by atoms with van der Waals surface area (Å²) in [4.78, 5) is 25.6. The smallest absolute Gasteiger partial charge is 0.340 e. The Morgan fingerprint density at radius 2 is 2.00 bits per heavy atom. The molecular weight excluding hydrogens is 362 g/mol. The van der Waals surface area contributed by atoms with Crippen LogP contribution >= 0.6 is 11.3 Å². The predicted molar refractivity (Wildman–Crippen MR) is 105 cm³/mol. The molecule has 140 valence electrons. The van der Waals surface area contributed by atoms with Crippen molar-refractivity contribution in [1.29, 1.82) is 5.26 Å². The Bertz CT molecular complexity index is 898. The summed E-state index contributed by atoms with van der Waals surface area (Å²) in [5.74, 6) is -1.02. The third-order valence-electron chi connectivity index (χ3n) is 4.54. The fraction of sp³-hybridized carbons (Fsp3) is 0.350. The van der Waals surface area contributed by atoms with Crippen LogP contribution in [0, 0.1) is 11.3 Å². The zero-order chi connectivity index (χ0) is 19.2. The van der Waals surface area contributed by atoms with Gasteiger partial charge in [-0.15, -0.1) is 11.3 Å². The van der Waals surface area contributed by atoms with E-state index in [1.54, 1.807) is 31.3 Å². The fourth-order valence-electron chi connectivity index (χ4n) is 3.20. The lowest BCUT2D eigenvalue weighted by molar-refractivity contribution is -0.119. The molecule has 1 aliphatic carbocycles. The Morgan fingerprint density at radius 1 is 1.22 bits per heavy atom. The van der Waals surface area contributed by atoms with E-state index in [9.17, 15) is 14.9 Å². The first kappa shape index (κ1) is 18.9. The maximum atomic E-state index is 12.2. The molecule has 0 spiro atoms. The first-order valence-corrected chi connectivity index (χ1v) is 9.74. The number of carbonyl (C=O) groups excluding carboxylic acids is 2. The molecule has 1 amide bonds. The van der Waals surface area contributed by atoms with Gasteiger partial charge in [0, 0.05) is 17.6 Å². The summed E-state index contributed by atoms with van der Waals surface area (Å²) in [6.45, 7) is -0.398. The minimum atomic E-state index is -0.572. The molecular formula is C20H21N3O3S. The topological polar surface area (TPSA) is 91.2 Å². The van der Waals surface area contributed by atoms with Gasteiger partial charge in [0.25, 0.3) is 5.91 Å². The number of fused-ring (bicyclic) bond motifs is 1. The summed E-state index contributed by atoms with van der Waals surface area (Å²) >= 11 is 1.46. The lowest BCUT2D eigenvalue weighted by Crippen LogP contribution is -2.21. The van der Waals surface area contributed by atoms with Gasteiger partial charge >= 0.3 is 5.97 Å². The van der Waals surface area contributed by atoms with E-state index in [0.29, 0.717) is 21.8 Å². The molecule has 7 heteroatoms. The molecule has 0 radical (unpaired) electrons. The van der Waals surface area contributed by atoms with Crippen LogP contribution in [-0.2, 0) is 22.4 Å². The minimum Gasteiger partial charge on any atom is -0.452 e. The number of aryl methyl sites for hydroxylation is 1. The van der Waals surface area contributed by atoms with Crippen molar-refractivity contribution in [1.82, 2.24) is 0 Å². The van der Waals surface area contributed by atoms with E-state index in [1.807, 2.05) is 0 Å². The molecule has 0 saturated carbocycles. The molecule has 2 N–H and O–H groups in total. The van der Waals surface area contributed by atoms with Crippen LogP contribution < -0.4 is 10.6 Å². The zero-order valence-electron chi connectivity index (χ0n) is 15.1. The number of para-hydroxylation sites is 1. The van der Waals surface area contributed by atoms with Crippen LogP contribution in [0.3, 0.4) is 0 Å².